The van der Waals surface area contributed by atoms with Crippen LogP contribution in [0.2, 0.25) is 0 Å². The lowest BCUT2D eigenvalue weighted by Crippen LogP contribution is -2.16. The molecule has 3 aromatic rings. The topological polar surface area (TPSA) is 89.1 Å². The first-order valence-electron chi connectivity index (χ1n) is 7.77. The van der Waals surface area contributed by atoms with E-state index < -0.39 is 0 Å². The van der Waals surface area contributed by atoms with Gasteiger partial charge in [-0.05, 0) is 29.8 Å². The SMILES string of the molecule is CN(C)c1ccc(C(=O)Nc2cc(-c3cnn(C)c3)ccc2N)nc1. The predicted molar refractivity (Wildman–Crippen MR) is 99.6 cm³/mol. The third-order valence-electron chi connectivity index (χ3n) is 3.84. The average Bonchev–Trinajstić information content (AvgIpc) is 3.03. The Morgan fingerprint density at radius 2 is 1.96 bits per heavy atom. The van der Waals surface area contributed by atoms with Gasteiger partial charge in [-0.15, -0.1) is 0 Å². The largest absolute Gasteiger partial charge is 0.397 e. The van der Waals surface area contributed by atoms with Gasteiger partial charge in [0.2, 0.25) is 0 Å². The molecule has 0 radical (unpaired) electrons. The molecule has 0 aliphatic rings. The number of amides is 1. The molecule has 0 atom stereocenters. The van der Waals surface area contributed by atoms with Crippen molar-refractivity contribution in [1.82, 2.24) is 14.8 Å². The van der Waals surface area contributed by atoms with E-state index in [0.717, 1.165) is 16.8 Å². The maximum absolute atomic E-state index is 12.4. The van der Waals surface area contributed by atoms with E-state index in [1.165, 1.54) is 0 Å². The van der Waals surface area contributed by atoms with Gasteiger partial charge in [0.05, 0.1) is 29.5 Å². The average molecular weight is 336 g/mol. The molecule has 2 aromatic heterocycles. The zero-order valence-electron chi connectivity index (χ0n) is 14.4. The van der Waals surface area contributed by atoms with Crippen LogP contribution in [0.4, 0.5) is 17.1 Å². The highest BCUT2D eigenvalue weighted by atomic mass is 16.1. The Bertz CT molecular complexity index is 898. The molecule has 1 aromatic carbocycles. The Morgan fingerprint density at radius 3 is 2.56 bits per heavy atom. The lowest BCUT2D eigenvalue weighted by molar-refractivity contribution is 0.102. The lowest BCUT2D eigenvalue weighted by atomic mass is 10.1. The van der Waals surface area contributed by atoms with Crippen molar-refractivity contribution in [2.24, 2.45) is 7.05 Å². The molecule has 7 heteroatoms. The van der Waals surface area contributed by atoms with Gasteiger partial charge in [-0.3, -0.25) is 9.48 Å². The van der Waals surface area contributed by atoms with Crippen LogP contribution < -0.4 is 16.0 Å². The zero-order valence-corrected chi connectivity index (χ0v) is 14.4. The normalized spacial score (nSPS) is 10.5. The number of benzene rings is 1. The Morgan fingerprint density at radius 1 is 1.16 bits per heavy atom. The van der Waals surface area contributed by atoms with Gasteiger partial charge in [-0.2, -0.15) is 5.10 Å². The van der Waals surface area contributed by atoms with Crippen molar-refractivity contribution < 1.29 is 4.79 Å². The first-order chi connectivity index (χ1) is 11.9. The van der Waals surface area contributed by atoms with E-state index in [1.807, 2.05) is 50.4 Å². The van der Waals surface area contributed by atoms with Crippen molar-refractivity contribution >= 4 is 23.0 Å². The fraction of sp³-hybridized carbons (Fsp3) is 0.167. The molecule has 0 fully saturated rings. The molecule has 3 rings (SSSR count). The smallest absolute Gasteiger partial charge is 0.274 e. The van der Waals surface area contributed by atoms with Crippen LogP contribution in [0.1, 0.15) is 10.5 Å². The molecule has 0 aliphatic heterocycles. The van der Waals surface area contributed by atoms with Crippen molar-refractivity contribution in [2.75, 3.05) is 30.0 Å². The highest BCUT2D eigenvalue weighted by Gasteiger charge is 2.11. The molecule has 25 heavy (non-hydrogen) atoms. The molecule has 3 N–H and O–H groups in total. The number of nitrogens with two attached hydrogens (primary N) is 1. The van der Waals surface area contributed by atoms with Gasteiger partial charge in [-0.1, -0.05) is 6.07 Å². The molecule has 0 spiro atoms. The van der Waals surface area contributed by atoms with Crippen LogP contribution in [0.5, 0.6) is 0 Å². The molecule has 0 aliphatic carbocycles. The van der Waals surface area contributed by atoms with Crippen LogP contribution >= 0.6 is 0 Å². The lowest BCUT2D eigenvalue weighted by Gasteiger charge is -2.12. The molecule has 1 amide bonds. The summed E-state index contributed by atoms with van der Waals surface area (Å²) in [7, 11) is 5.69. The third-order valence-corrected chi connectivity index (χ3v) is 3.84. The van der Waals surface area contributed by atoms with Crippen LogP contribution in [0.3, 0.4) is 0 Å². The number of rotatable bonds is 4. The summed E-state index contributed by atoms with van der Waals surface area (Å²) in [6, 6.07) is 9.02. The van der Waals surface area contributed by atoms with Gasteiger partial charge < -0.3 is 16.0 Å². The van der Waals surface area contributed by atoms with Gasteiger partial charge in [-0.25, -0.2) is 4.98 Å². The fourth-order valence-electron chi connectivity index (χ4n) is 2.39. The Hall–Kier alpha value is -3.35. The van der Waals surface area contributed by atoms with E-state index in [4.69, 9.17) is 5.73 Å². The number of aryl methyl sites for hydroxylation is 1. The van der Waals surface area contributed by atoms with Gasteiger partial charge in [0.15, 0.2) is 0 Å². The Balaban J connectivity index is 1.83. The number of anilines is 3. The molecule has 0 bridgehead atoms. The van der Waals surface area contributed by atoms with E-state index in [1.54, 1.807) is 29.2 Å². The number of nitrogens with one attached hydrogen (secondary N) is 1. The second kappa shape index (κ2) is 6.64. The molecular weight excluding hydrogens is 316 g/mol. The summed E-state index contributed by atoms with van der Waals surface area (Å²) < 4.78 is 1.72. The molecule has 0 saturated carbocycles. The number of carbonyl (C=O) groups is 1. The maximum atomic E-state index is 12.4. The van der Waals surface area contributed by atoms with Gasteiger partial charge in [0, 0.05) is 32.9 Å². The number of aromatic nitrogens is 3. The molecular formula is C18H20N6O. The number of hydrogen-bond donors (Lipinski definition) is 2. The summed E-state index contributed by atoms with van der Waals surface area (Å²) in [6.45, 7) is 0. The molecule has 7 nitrogen and oxygen atoms in total. The number of pyridine rings is 1. The standard InChI is InChI=1S/C18H20N6O/c1-23(2)14-5-7-16(20-10-14)18(25)22-17-8-12(4-6-15(17)19)13-9-21-24(3)11-13/h4-11H,19H2,1-3H3,(H,22,25). The van der Waals surface area contributed by atoms with E-state index in [0.29, 0.717) is 17.1 Å². The minimum Gasteiger partial charge on any atom is -0.397 e. The zero-order chi connectivity index (χ0) is 18.0. The number of nitrogen functional groups attached to an aromatic ring is 1. The van der Waals surface area contributed by atoms with E-state index in [9.17, 15) is 4.79 Å². The first-order valence-corrected chi connectivity index (χ1v) is 7.77. The summed E-state index contributed by atoms with van der Waals surface area (Å²) >= 11 is 0. The molecule has 0 saturated heterocycles. The Labute approximate surface area is 146 Å². The number of nitrogens with zero attached hydrogens (tertiary/aromatic N) is 4. The predicted octanol–water partition coefficient (Wildman–Crippen LogP) is 2.38. The summed E-state index contributed by atoms with van der Waals surface area (Å²) in [4.78, 5) is 18.6. The summed E-state index contributed by atoms with van der Waals surface area (Å²) in [5, 5.41) is 6.99. The molecule has 2 heterocycles. The molecule has 128 valence electrons. The second-order valence-corrected chi connectivity index (χ2v) is 5.95. The van der Waals surface area contributed by atoms with E-state index in [-0.39, 0.29) is 5.91 Å². The van der Waals surface area contributed by atoms with Crippen LogP contribution in [0, 0.1) is 0 Å². The van der Waals surface area contributed by atoms with Gasteiger partial charge in [0.1, 0.15) is 5.69 Å². The Kier molecular flexibility index (Phi) is 4.38. The highest BCUT2D eigenvalue weighted by Crippen LogP contribution is 2.27. The van der Waals surface area contributed by atoms with E-state index >= 15 is 0 Å². The quantitative estimate of drug-likeness (QED) is 0.714. The van der Waals surface area contributed by atoms with Crippen molar-refractivity contribution in [3.8, 4) is 11.1 Å². The number of carbonyl (C=O) groups excluding carboxylic acids is 1. The van der Waals surface area contributed by atoms with Gasteiger partial charge >= 0.3 is 0 Å². The van der Waals surface area contributed by atoms with Gasteiger partial charge in [0.25, 0.3) is 5.91 Å². The monoisotopic (exact) mass is 336 g/mol. The summed E-state index contributed by atoms with van der Waals surface area (Å²) in [5.41, 5.74) is 10.2. The van der Waals surface area contributed by atoms with E-state index in [2.05, 4.69) is 15.4 Å². The van der Waals surface area contributed by atoms with Crippen LogP contribution in [0.25, 0.3) is 11.1 Å². The summed E-state index contributed by atoms with van der Waals surface area (Å²) in [6.07, 6.45) is 5.32. The summed E-state index contributed by atoms with van der Waals surface area (Å²) in [5.74, 6) is -0.305. The number of hydrogen-bond acceptors (Lipinski definition) is 5. The third kappa shape index (κ3) is 3.60. The fourth-order valence-corrected chi connectivity index (χ4v) is 2.39. The van der Waals surface area contributed by atoms with Crippen molar-refractivity contribution in [3.63, 3.8) is 0 Å². The molecule has 0 unspecified atom stereocenters. The minimum absolute atomic E-state index is 0.305. The van der Waals surface area contributed by atoms with Crippen molar-refractivity contribution in [3.05, 3.63) is 54.6 Å². The first kappa shape index (κ1) is 16.5. The van der Waals surface area contributed by atoms with Crippen LogP contribution in [-0.4, -0.2) is 34.8 Å². The highest BCUT2D eigenvalue weighted by molar-refractivity contribution is 6.05. The second-order valence-electron chi connectivity index (χ2n) is 5.95. The van der Waals surface area contributed by atoms with Crippen molar-refractivity contribution in [1.29, 1.82) is 0 Å². The van der Waals surface area contributed by atoms with Crippen LogP contribution in [-0.2, 0) is 7.05 Å². The maximum Gasteiger partial charge on any atom is 0.274 e. The van der Waals surface area contributed by atoms with Crippen molar-refractivity contribution in [2.45, 2.75) is 0 Å². The van der Waals surface area contributed by atoms with Crippen LogP contribution in [0.15, 0.2) is 48.9 Å². The minimum atomic E-state index is -0.305.